The molecule has 4 heterocycles. The Hall–Kier alpha value is -1.03. The molecule has 0 aromatic heterocycles. The number of aliphatic hydroxyl groups excluding tert-OH is 2. The first-order valence-electron chi connectivity index (χ1n) is 19.2. The molecule has 4 aliphatic rings. The second-order valence-electron chi connectivity index (χ2n) is 14.6. The van der Waals surface area contributed by atoms with Crippen molar-refractivity contribution in [3.05, 3.63) is 11.6 Å². The Balaban J connectivity index is 0.996. The number of esters is 1. The van der Waals surface area contributed by atoms with Gasteiger partial charge in [-0.2, -0.15) is 0 Å². The molecule has 46 heavy (non-hydrogen) atoms. The molecule has 0 saturated carbocycles. The van der Waals surface area contributed by atoms with Gasteiger partial charge in [-0.3, -0.25) is 0 Å². The molecular formula is C38H66O8. The lowest BCUT2D eigenvalue weighted by molar-refractivity contribution is -0.175. The lowest BCUT2D eigenvalue weighted by Crippen LogP contribution is -2.35. The van der Waals surface area contributed by atoms with Crippen molar-refractivity contribution in [2.45, 2.75) is 216 Å². The number of unbranched alkanes of at least 4 members (excludes halogenated alkanes) is 9. The van der Waals surface area contributed by atoms with Gasteiger partial charge in [-0.15, -0.1) is 0 Å². The Kier molecular flexibility index (Phi) is 17.4. The first kappa shape index (κ1) is 37.8. The van der Waals surface area contributed by atoms with E-state index in [2.05, 4.69) is 6.92 Å². The number of rotatable bonds is 21. The van der Waals surface area contributed by atoms with Crippen LogP contribution in [0.5, 0.6) is 0 Å². The third kappa shape index (κ3) is 13.1. The average Bonchev–Trinajstić information content (AvgIpc) is 3.78. The van der Waals surface area contributed by atoms with Crippen LogP contribution in [-0.4, -0.2) is 77.9 Å². The number of ether oxygens (including phenoxy) is 5. The molecule has 0 aromatic rings. The van der Waals surface area contributed by atoms with Gasteiger partial charge in [0.1, 0.15) is 12.9 Å². The van der Waals surface area contributed by atoms with Gasteiger partial charge in [0.15, 0.2) is 0 Å². The Morgan fingerprint density at radius 3 is 2.20 bits per heavy atom. The minimum Gasteiger partial charge on any atom is -0.455 e. The monoisotopic (exact) mass is 650 g/mol. The topological polar surface area (TPSA) is 104 Å². The van der Waals surface area contributed by atoms with Crippen LogP contribution >= 0.6 is 0 Å². The van der Waals surface area contributed by atoms with Crippen LogP contribution in [0.25, 0.3) is 0 Å². The summed E-state index contributed by atoms with van der Waals surface area (Å²) in [6.45, 7) is 4.52. The molecule has 8 heteroatoms. The van der Waals surface area contributed by atoms with Crippen LogP contribution in [-0.2, 0) is 28.5 Å². The van der Waals surface area contributed by atoms with E-state index in [0.717, 1.165) is 95.5 Å². The molecule has 9 atom stereocenters. The molecule has 8 nitrogen and oxygen atoms in total. The number of carbonyl (C=O) groups is 1. The van der Waals surface area contributed by atoms with E-state index in [-0.39, 0.29) is 48.7 Å². The predicted molar refractivity (Wildman–Crippen MR) is 179 cm³/mol. The normalized spacial score (nSPS) is 31.8. The molecule has 0 bridgehead atoms. The third-order valence-electron chi connectivity index (χ3n) is 10.7. The van der Waals surface area contributed by atoms with Gasteiger partial charge in [-0.25, -0.2) is 4.79 Å². The summed E-state index contributed by atoms with van der Waals surface area (Å²) in [6, 6.07) is 0. The van der Waals surface area contributed by atoms with Crippen molar-refractivity contribution in [3.63, 3.8) is 0 Å². The van der Waals surface area contributed by atoms with Crippen molar-refractivity contribution in [2.24, 2.45) is 0 Å². The number of carbonyl (C=O) groups excluding carboxylic acids is 1. The molecule has 1 unspecified atom stereocenters. The molecule has 3 saturated heterocycles. The second kappa shape index (κ2) is 21.1. The van der Waals surface area contributed by atoms with E-state index in [0.29, 0.717) is 25.7 Å². The summed E-state index contributed by atoms with van der Waals surface area (Å²) in [7, 11) is 0. The van der Waals surface area contributed by atoms with Crippen molar-refractivity contribution in [3.8, 4) is 0 Å². The summed E-state index contributed by atoms with van der Waals surface area (Å²) in [5.41, 5.74) is 0.843. The summed E-state index contributed by atoms with van der Waals surface area (Å²) in [5.74, 6) is -0.140. The van der Waals surface area contributed by atoms with Crippen molar-refractivity contribution >= 4 is 5.97 Å². The molecule has 4 aliphatic heterocycles. The first-order valence-corrected chi connectivity index (χ1v) is 19.2. The van der Waals surface area contributed by atoms with Crippen molar-refractivity contribution < 1.29 is 38.7 Å². The Bertz CT molecular complexity index is 869. The molecule has 0 spiro atoms. The lowest BCUT2D eigenvalue weighted by Gasteiger charge is -2.30. The third-order valence-corrected chi connectivity index (χ3v) is 10.7. The Labute approximate surface area is 279 Å². The zero-order valence-corrected chi connectivity index (χ0v) is 29.1. The average molecular weight is 651 g/mol. The maximum atomic E-state index is 11.7. The second-order valence-corrected chi connectivity index (χ2v) is 14.6. The molecule has 0 radical (unpaired) electrons. The van der Waals surface area contributed by atoms with Gasteiger partial charge in [0.05, 0.1) is 48.8 Å². The van der Waals surface area contributed by atoms with E-state index in [1.54, 1.807) is 0 Å². The van der Waals surface area contributed by atoms with Crippen molar-refractivity contribution in [1.29, 1.82) is 0 Å². The van der Waals surface area contributed by atoms with Crippen LogP contribution in [0.2, 0.25) is 0 Å². The predicted octanol–water partition coefficient (Wildman–Crippen LogP) is 7.85. The van der Waals surface area contributed by atoms with Gasteiger partial charge in [0.25, 0.3) is 0 Å². The summed E-state index contributed by atoms with van der Waals surface area (Å²) in [4.78, 5) is 11.7. The van der Waals surface area contributed by atoms with E-state index in [4.69, 9.17) is 23.7 Å². The molecule has 0 aliphatic carbocycles. The van der Waals surface area contributed by atoms with Gasteiger partial charge >= 0.3 is 5.97 Å². The van der Waals surface area contributed by atoms with Gasteiger partial charge in [0.2, 0.25) is 0 Å². The maximum Gasteiger partial charge on any atom is 0.334 e. The van der Waals surface area contributed by atoms with Gasteiger partial charge < -0.3 is 33.9 Å². The Morgan fingerprint density at radius 1 is 0.739 bits per heavy atom. The highest BCUT2D eigenvalue weighted by Gasteiger charge is 2.41. The number of cyclic esters (lactones) is 1. The van der Waals surface area contributed by atoms with E-state index in [1.165, 1.54) is 44.9 Å². The fourth-order valence-corrected chi connectivity index (χ4v) is 7.83. The van der Waals surface area contributed by atoms with Crippen LogP contribution in [0.1, 0.15) is 162 Å². The highest BCUT2D eigenvalue weighted by Crippen LogP contribution is 2.36. The quantitative estimate of drug-likeness (QED) is 0.0957. The van der Waals surface area contributed by atoms with Crippen molar-refractivity contribution in [1.82, 2.24) is 0 Å². The fourth-order valence-electron chi connectivity index (χ4n) is 7.83. The van der Waals surface area contributed by atoms with Crippen LogP contribution in [0.15, 0.2) is 11.6 Å². The van der Waals surface area contributed by atoms with E-state index in [9.17, 15) is 15.0 Å². The van der Waals surface area contributed by atoms with E-state index < -0.39 is 6.10 Å². The maximum absolute atomic E-state index is 11.7. The van der Waals surface area contributed by atoms with Crippen LogP contribution in [0.4, 0.5) is 0 Å². The molecule has 0 aromatic carbocycles. The molecule has 0 amide bonds. The van der Waals surface area contributed by atoms with Gasteiger partial charge in [-0.1, -0.05) is 71.1 Å². The summed E-state index contributed by atoms with van der Waals surface area (Å²) >= 11 is 0. The summed E-state index contributed by atoms with van der Waals surface area (Å²) in [5, 5.41) is 21.4. The number of hydrogen-bond acceptors (Lipinski definition) is 8. The lowest BCUT2D eigenvalue weighted by atomic mass is 9.99. The molecule has 2 N–H and O–H groups in total. The van der Waals surface area contributed by atoms with E-state index >= 15 is 0 Å². The molecule has 4 rings (SSSR count). The highest BCUT2D eigenvalue weighted by molar-refractivity contribution is 5.90. The summed E-state index contributed by atoms with van der Waals surface area (Å²) in [6.07, 6.45) is 25.4. The minimum absolute atomic E-state index is 0.0342. The zero-order valence-electron chi connectivity index (χ0n) is 29.1. The van der Waals surface area contributed by atoms with Gasteiger partial charge in [0, 0.05) is 5.57 Å². The number of aliphatic hydroxyl groups is 2. The first-order chi connectivity index (χ1) is 22.4. The minimum atomic E-state index is -0.539. The smallest absolute Gasteiger partial charge is 0.334 e. The molecule has 266 valence electrons. The Morgan fingerprint density at radius 2 is 1.43 bits per heavy atom. The number of hydrogen-bond donors (Lipinski definition) is 2. The fraction of sp³-hybridized carbons (Fsp3) is 0.921. The van der Waals surface area contributed by atoms with Crippen LogP contribution in [0.3, 0.4) is 0 Å². The molecular weight excluding hydrogens is 584 g/mol. The standard InChI is InChI=1S/C38H66O8/c1-3-4-5-13-17-31-18-14-19-34(43-27-42-31)35-24-25-37(46-35)36-23-22-33(45-36)32(40)21-20-30(39)16-12-10-8-6-7-9-11-15-29-26-28(2)44-38(29)41/h26,28,30-37,39-40H,3-25,27H2,1-2H3/t28?,30-,31-,32-,33+,34-,35+,36+,37-/m0/s1. The SMILES string of the molecule is CCCCCC[C@H]1CCC[C@@H]([C@H]2CC[C@@H]([C@H]3CC[C@H]([C@@H](O)CC[C@@H](O)CCCCCCCCCC4=CC(C)OC4=O)O3)O2)OCO1. The zero-order chi connectivity index (χ0) is 32.6. The van der Waals surface area contributed by atoms with Crippen molar-refractivity contribution in [2.75, 3.05) is 6.79 Å². The summed E-state index contributed by atoms with van der Waals surface area (Å²) < 4.78 is 30.2. The van der Waals surface area contributed by atoms with Crippen LogP contribution < -0.4 is 0 Å². The highest BCUT2D eigenvalue weighted by atomic mass is 16.7. The van der Waals surface area contributed by atoms with E-state index in [1.807, 2.05) is 13.0 Å². The van der Waals surface area contributed by atoms with Gasteiger partial charge in [-0.05, 0) is 96.5 Å². The molecule has 3 fully saturated rings. The van der Waals surface area contributed by atoms with Crippen LogP contribution in [0, 0.1) is 0 Å². The largest absolute Gasteiger partial charge is 0.455 e.